The number of Topliss-reactive ketones (excluding diaryl/α,β-unsaturated/α-hetero) is 1. The molecule has 0 saturated carbocycles. The van der Waals surface area contributed by atoms with Crippen molar-refractivity contribution in [1.82, 2.24) is 9.80 Å². The highest BCUT2D eigenvalue weighted by molar-refractivity contribution is 9.10. The Hall–Kier alpha value is -2.51. The molecule has 1 aliphatic heterocycles. The molecular weight excluding hydrogens is 511 g/mol. The van der Waals surface area contributed by atoms with E-state index in [1.54, 1.807) is 4.90 Å². The maximum absolute atomic E-state index is 13.4. The van der Waals surface area contributed by atoms with Crippen molar-refractivity contribution in [2.75, 3.05) is 26.2 Å². The molecule has 1 amide bonds. The number of amides is 1. The Morgan fingerprint density at radius 3 is 2.23 bits per heavy atom. The summed E-state index contributed by atoms with van der Waals surface area (Å²) < 4.78 is 14.3. The van der Waals surface area contributed by atoms with Crippen LogP contribution in [0.2, 0.25) is 0 Å². The van der Waals surface area contributed by atoms with E-state index in [0.29, 0.717) is 12.1 Å². The molecule has 3 rings (SSSR count). The summed E-state index contributed by atoms with van der Waals surface area (Å²) in [6, 6.07) is 12.0. The second-order valence-electron chi connectivity index (χ2n) is 8.96. The average Bonchev–Trinajstić information content (AvgIpc) is 3.10. The summed E-state index contributed by atoms with van der Waals surface area (Å²) in [6.07, 6.45) is 5.24. The van der Waals surface area contributed by atoms with Gasteiger partial charge in [0.15, 0.2) is 0 Å². The Balaban J connectivity index is 1.91. The van der Waals surface area contributed by atoms with Gasteiger partial charge in [-0.3, -0.25) is 9.59 Å². The lowest BCUT2D eigenvalue weighted by molar-refractivity contribution is -0.140. The van der Waals surface area contributed by atoms with E-state index < -0.39 is 23.5 Å². The molecule has 188 valence electrons. The lowest BCUT2D eigenvalue weighted by Crippen LogP contribution is -2.34. The van der Waals surface area contributed by atoms with E-state index in [0.717, 1.165) is 61.8 Å². The van der Waals surface area contributed by atoms with Gasteiger partial charge in [0.25, 0.3) is 11.7 Å². The first-order chi connectivity index (χ1) is 16.9. The number of hydrogen-bond acceptors (Lipinski definition) is 4. The van der Waals surface area contributed by atoms with Crippen LogP contribution in [0.1, 0.15) is 63.1 Å². The number of unbranched alkanes of at least 4 members (excludes halogenated alkanes) is 2. The van der Waals surface area contributed by atoms with Gasteiger partial charge in [-0.1, -0.05) is 54.8 Å². The monoisotopic (exact) mass is 544 g/mol. The largest absolute Gasteiger partial charge is 0.507 e. The fraction of sp³-hybridized carbons (Fsp3) is 0.429. The number of benzene rings is 2. The van der Waals surface area contributed by atoms with Gasteiger partial charge in [-0.25, -0.2) is 4.39 Å². The molecule has 1 N–H and O–H groups in total. The third-order valence-corrected chi connectivity index (χ3v) is 6.84. The van der Waals surface area contributed by atoms with Crippen LogP contribution in [0, 0.1) is 5.82 Å². The predicted octanol–water partition coefficient (Wildman–Crippen LogP) is 6.30. The molecule has 0 unspecified atom stereocenters. The molecule has 1 saturated heterocycles. The van der Waals surface area contributed by atoms with Crippen LogP contribution in [0.3, 0.4) is 0 Å². The summed E-state index contributed by atoms with van der Waals surface area (Å²) >= 11 is 3.47. The third-order valence-electron chi connectivity index (χ3n) is 6.35. The number of aliphatic hydroxyl groups is 1. The predicted molar refractivity (Wildman–Crippen MR) is 140 cm³/mol. The van der Waals surface area contributed by atoms with Gasteiger partial charge in [-0.2, -0.15) is 0 Å². The molecular formula is C28H34BrFN2O3. The Labute approximate surface area is 215 Å². The van der Waals surface area contributed by atoms with Crippen LogP contribution < -0.4 is 0 Å². The van der Waals surface area contributed by atoms with E-state index in [4.69, 9.17) is 0 Å². The van der Waals surface area contributed by atoms with Crippen LogP contribution in [0.4, 0.5) is 4.39 Å². The maximum atomic E-state index is 13.4. The third kappa shape index (κ3) is 6.79. The smallest absolute Gasteiger partial charge is 0.295 e. The number of likely N-dealkylation sites (tertiary alicyclic amines) is 1. The van der Waals surface area contributed by atoms with Crippen molar-refractivity contribution in [1.29, 1.82) is 0 Å². The summed E-state index contributed by atoms with van der Waals surface area (Å²) in [5.74, 6) is -2.07. The van der Waals surface area contributed by atoms with Gasteiger partial charge in [0, 0.05) is 16.6 Å². The Bertz CT molecular complexity index is 1050. The highest BCUT2D eigenvalue weighted by Crippen LogP contribution is 2.40. The van der Waals surface area contributed by atoms with E-state index in [2.05, 4.69) is 34.7 Å². The number of hydrogen-bond donors (Lipinski definition) is 1. The quantitative estimate of drug-likeness (QED) is 0.193. The SMILES string of the molecule is CCCCN(CCCC)CCCN1C(=O)C(=O)C(=C(O)c2ccc(F)cc2)[C@@H]1c1cccc(Br)c1. The van der Waals surface area contributed by atoms with Gasteiger partial charge in [0.05, 0.1) is 11.6 Å². The first-order valence-corrected chi connectivity index (χ1v) is 13.2. The number of carbonyl (C=O) groups is 2. The van der Waals surface area contributed by atoms with Gasteiger partial charge in [-0.05, 0) is 80.9 Å². The molecule has 35 heavy (non-hydrogen) atoms. The second kappa shape index (κ2) is 13.0. The molecule has 0 radical (unpaired) electrons. The number of halogens is 2. The molecule has 2 aromatic rings. The topological polar surface area (TPSA) is 60.9 Å². The minimum absolute atomic E-state index is 0.0357. The fourth-order valence-electron chi connectivity index (χ4n) is 4.46. The van der Waals surface area contributed by atoms with E-state index in [1.165, 1.54) is 24.3 Å². The summed E-state index contributed by atoms with van der Waals surface area (Å²) in [6.45, 7) is 7.64. The van der Waals surface area contributed by atoms with Gasteiger partial charge in [0.1, 0.15) is 11.6 Å². The lowest BCUT2D eigenvalue weighted by Gasteiger charge is -2.27. The van der Waals surface area contributed by atoms with Crippen molar-refractivity contribution >= 4 is 33.4 Å². The molecule has 0 bridgehead atoms. The zero-order valence-electron chi connectivity index (χ0n) is 20.5. The normalized spacial score (nSPS) is 17.5. The number of aliphatic hydroxyl groups excluding tert-OH is 1. The van der Waals surface area contributed by atoms with Gasteiger partial charge < -0.3 is 14.9 Å². The van der Waals surface area contributed by atoms with Crippen LogP contribution in [0.15, 0.2) is 58.6 Å². The van der Waals surface area contributed by atoms with Crippen molar-refractivity contribution in [3.63, 3.8) is 0 Å². The van der Waals surface area contributed by atoms with Crippen molar-refractivity contribution in [3.8, 4) is 0 Å². The van der Waals surface area contributed by atoms with Crippen LogP contribution in [0.25, 0.3) is 5.76 Å². The maximum Gasteiger partial charge on any atom is 0.295 e. The van der Waals surface area contributed by atoms with Gasteiger partial charge >= 0.3 is 0 Å². The van der Waals surface area contributed by atoms with Crippen LogP contribution >= 0.6 is 15.9 Å². The number of ketones is 1. The molecule has 1 heterocycles. The first-order valence-electron chi connectivity index (χ1n) is 12.4. The second-order valence-corrected chi connectivity index (χ2v) is 9.87. The van der Waals surface area contributed by atoms with E-state index >= 15 is 0 Å². The zero-order valence-corrected chi connectivity index (χ0v) is 22.1. The van der Waals surface area contributed by atoms with Crippen molar-refractivity contribution < 1.29 is 19.1 Å². The molecule has 1 aliphatic rings. The van der Waals surface area contributed by atoms with E-state index in [9.17, 15) is 19.1 Å². The van der Waals surface area contributed by atoms with Gasteiger partial charge in [-0.15, -0.1) is 0 Å². The highest BCUT2D eigenvalue weighted by Gasteiger charge is 2.45. The number of carbonyl (C=O) groups excluding carboxylic acids is 2. The Morgan fingerprint density at radius 2 is 1.63 bits per heavy atom. The molecule has 2 aromatic carbocycles. The molecule has 0 spiro atoms. The molecule has 1 atom stereocenters. The Morgan fingerprint density at radius 1 is 1.00 bits per heavy atom. The summed E-state index contributed by atoms with van der Waals surface area (Å²) in [5, 5.41) is 11.1. The zero-order chi connectivity index (χ0) is 25.4. The molecule has 0 aliphatic carbocycles. The van der Waals surface area contributed by atoms with Crippen LogP contribution in [0.5, 0.6) is 0 Å². The minimum Gasteiger partial charge on any atom is -0.507 e. The number of rotatable bonds is 12. The van der Waals surface area contributed by atoms with E-state index in [1.807, 2.05) is 24.3 Å². The van der Waals surface area contributed by atoms with Gasteiger partial charge in [0.2, 0.25) is 0 Å². The van der Waals surface area contributed by atoms with E-state index in [-0.39, 0.29) is 11.3 Å². The van der Waals surface area contributed by atoms with Crippen LogP contribution in [-0.4, -0.2) is 52.8 Å². The molecule has 1 fully saturated rings. The van der Waals surface area contributed by atoms with Crippen molar-refractivity contribution in [2.24, 2.45) is 0 Å². The lowest BCUT2D eigenvalue weighted by atomic mass is 9.95. The first kappa shape index (κ1) is 27.1. The number of nitrogens with zero attached hydrogens (tertiary/aromatic N) is 2. The Kier molecular flexibility index (Phi) is 10.0. The average molecular weight is 545 g/mol. The standard InChI is InChI=1S/C28H34BrFN2O3/c1-3-5-15-31(16-6-4-2)17-8-18-32-25(21-9-7-10-22(29)19-21)24(27(34)28(32)35)26(33)20-11-13-23(30)14-12-20/h7,9-14,19,25,33H,3-6,8,15-18H2,1-2H3/t25-/m0/s1. The van der Waals surface area contributed by atoms with Crippen molar-refractivity contribution in [2.45, 2.75) is 52.0 Å². The minimum atomic E-state index is -0.717. The van der Waals surface area contributed by atoms with Crippen LogP contribution in [-0.2, 0) is 9.59 Å². The molecule has 0 aromatic heterocycles. The summed E-state index contributed by atoms with van der Waals surface area (Å²) in [7, 11) is 0. The summed E-state index contributed by atoms with van der Waals surface area (Å²) in [4.78, 5) is 30.3. The summed E-state index contributed by atoms with van der Waals surface area (Å²) in [5.41, 5.74) is 1.07. The highest BCUT2D eigenvalue weighted by atomic mass is 79.9. The molecule has 7 heteroatoms. The molecule has 5 nitrogen and oxygen atoms in total. The fourth-order valence-corrected chi connectivity index (χ4v) is 4.88. The van der Waals surface area contributed by atoms with Crippen molar-refractivity contribution in [3.05, 3.63) is 75.5 Å².